The van der Waals surface area contributed by atoms with Crippen LogP contribution in [0, 0.1) is 5.92 Å². The van der Waals surface area contributed by atoms with Crippen molar-refractivity contribution in [1.29, 1.82) is 0 Å². The van der Waals surface area contributed by atoms with Crippen molar-refractivity contribution in [3.63, 3.8) is 0 Å². The second kappa shape index (κ2) is 8.43. The maximum absolute atomic E-state index is 12.3. The van der Waals surface area contributed by atoms with E-state index in [2.05, 4.69) is 6.07 Å². The van der Waals surface area contributed by atoms with Gasteiger partial charge in [-0.3, -0.25) is 0 Å². The molecule has 0 radical (unpaired) electrons. The lowest BCUT2D eigenvalue weighted by molar-refractivity contribution is 0.0146. The number of carbonyl (C=O) groups is 1. The molecule has 2 heterocycles. The molecule has 1 saturated carbocycles. The summed E-state index contributed by atoms with van der Waals surface area (Å²) in [5.41, 5.74) is 3.23. The molecule has 2 aromatic rings. The molecule has 1 unspecified atom stereocenters. The van der Waals surface area contributed by atoms with Crippen molar-refractivity contribution < 1.29 is 22.7 Å². The zero-order chi connectivity index (χ0) is 22.3. The SMILES string of the molecule is CS(=O)(=O)c1ccc(-c2ccc3c(c2)CC(C2CCN(C(=O)OC4CCC4)CC2)O3)cc1. The van der Waals surface area contributed by atoms with Gasteiger partial charge in [-0.25, -0.2) is 13.2 Å². The maximum Gasteiger partial charge on any atom is 0.410 e. The van der Waals surface area contributed by atoms with Gasteiger partial charge in [0.2, 0.25) is 0 Å². The highest BCUT2D eigenvalue weighted by Crippen LogP contribution is 2.38. The van der Waals surface area contributed by atoms with E-state index in [0.717, 1.165) is 68.5 Å². The van der Waals surface area contributed by atoms with Crippen LogP contribution in [0.3, 0.4) is 0 Å². The Kier molecular flexibility index (Phi) is 5.61. The van der Waals surface area contributed by atoms with Gasteiger partial charge in [-0.15, -0.1) is 0 Å². The van der Waals surface area contributed by atoms with Gasteiger partial charge in [0.1, 0.15) is 18.0 Å². The van der Waals surface area contributed by atoms with E-state index in [0.29, 0.717) is 10.8 Å². The largest absolute Gasteiger partial charge is 0.490 e. The second-order valence-corrected chi connectivity index (χ2v) is 11.3. The van der Waals surface area contributed by atoms with E-state index in [1.54, 1.807) is 12.1 Å². The minimum Gasteiger partial charge on any atom is -0.490 e. The van der Waals surface area contributed by atoms with Crippen LogP contribution in [-0.2, 0) is 21.0 Å². The van der Waals surface area contributed by atoms with E-state index in [1.165, 1.54) is 11.8 Å². The molecule has 0 spiro atoms. The molecule has 0 bridgehead atoms. The first-order valence-electron chi connectivity index (χ1n) is 11.4. The van der Waals surface area contributed by atoms with Crippen LogP contribution >= 0.6 is 0 Å². The first-order chi connectivity index (χ1) is 15.4. The Balaban J connectivity index is 1.20. The summed E-state index contributed by atoms with van der Waals surface area (Å²) >= 11 is 0. The van der Waals surface area contributed by atoms with Gasteiger partial charge in [-0.2, -0.15) is 0 Å². The summed E-state index contributed by atoms with van der Waals surface area (Å²) < 4.78 is 35.2. The molecule has 6 nitrogen and oxygen atoms in total. The first-order valence-corrected chi connectivity index (χ1v) is 13.3. The lowest BCUT2D eigenvalue weighted by atomic mass is 9.88. The molecular formula is C25H29NO5S. The van der Waals surface area contributed by atoms with Crippen molar-refractivity contribution in [1.82, 2.24) is 4.90 Å². The monoisotopic (exact) mass is 455 g/mol. The Morgan fingerprint density at radius 3 is 2.31 bits per heavy atom. The number of amides is 1. The highest BCUT2D eigenvalue weighted by molar-refractivity contribution is 7.90. The van der Waals surface area contributed by atoms with Crippen LogP contribution in [0.2, 0.25) is 0 Å². The fourth-order valence-electron chi connectivity index (χ4n) is 4.77. The summed E-state index contributed by atoms with van der Waals surface area (Å²) in [7, 11) is -3.20. The average Bonchev–Trinajstić information content (AvgIpc) is 3.19. The Labute approximate surface area is 189 Å². The molecule has 0 aromatic heterocycles. The van der Waals surface area contributed by atoms with Crippen molar-refractivity contribution in [2.45, 2.75) is 55.6 Å². The third kappa shape index (κ3) is 4.35. The molecule has 2 aliphatic heterocycles. The van der Waals surface area contributed by atoms with Gasteiger partial charge >= 0.3 is 6.09 Å². The van der Waals surface area contributed by atoms with Crippen LogP contribution in [-0.4, -0.2) is 51.0 Å². The molecule has 1 aliphatic carbocycles. The molecule has 0 N–H and O–H groups in total. The van der Waals surface area contributed by atoms with Crippen molar-refractivity contribution in [3.05, 3.63) is 48.0 Å². The molecule has 32 heavy (non-hydrogen) atoms. The molecule has 1 atom stereocenters. The molecule has 170 valence electrons. The van der Waals surface area contributed by atoms with E-state index >= 15 is 0 Å². The topological polar surface area (TPSA) is 72.9 Å². The lowest BCUT2D eigenvalue weighted by Crippen LogP contribution is -2.44. The van der Waals surface area contributed by atoms with Crippen LogP contribution in [0.25, 0.3) is 11.1 Å². The number of fused-ring (bicyclic) bond motifs is 1. The van der Waals surface area contributed by atoms with E-state index in [4.69, 9.17) is 9.47 Å². The minimum atomic E-state index is -3.20. The lowest BCUT2D eigenvalue weighted by Gasteiger charge is -2.35. The fourth-order valence-corrected chi connectivity index (χ4v) is 5.40. The summed E-state index contributed by atoms with van der Waals surface area (Å²) in [6.07, 6.45) is 7.21. The van der Waals surface area contributed by atoms with Crippen LogP contribution in [0.15, 0.2) is 47.4 Å². The zero-order valence-corrected chi connectivity index (χ0v) is 19.1. The van der Waals surface area contributed by atoms with Crippen molar-refractivity contribution in [3.8, 4) is 16.9 Å². The third-order valence-electron chi connectivity index (χ3n) is 7.02. The quantitative estimate of drug-likeness (QED) is 0.681. The summed E-state index contributed by atoms with van der Waals surface area (Å²) in [4.78, 5) is 14.5. The van der Waals surface area contributed by atoms with Crippen LogP contribution < -0.4 is 4.74 Å². The number of sulfone groups is 1. The Morgan fingerprint density at radius 2 is 1.69 bits per heavy atom. The number of rotatable bonds is 4. The van der Waals surface area contributed by atoms with Gasteiger partial charge in [0.05, 0.1) is 4.90 Å². The molecule has 3 aliphatic rings. The van der Waals surface area contributed by atoms with Crippen LogP contribution in [0.5, 0.6) is 5.75 Å². The summed E-state index contributed by atoms with van der Waals surface area (Å²) in [6, 6.07) is 13.2. The standard InChI is InChI=1S/C25H29NO5S/c1-32(28,29)22-8-5-17(6-9-22)19-7-10-23-20(15-19)16-24(31-23)18-11-13-26(14-12-18)25(27)30-21-3-2-4-21/h5-10,15,18,21,24H,2-4,11-14,16H2,1H3. The van der Waals surface area contributed by atoms with E-state index < -0.39 is 9.84 Å². The number of hydrogen-bond donors (Lipinski definition) is 0. The average molecular weight is 456 g/mol. The van der Waals surface area contributed by atoms with Gasteiger partial charge in [0.25, 0.3) is 0 Å². The van der Waals surface area contributed by atoms with E-state index in [-0.39, 0.29) is 18.3 Å². The minimum absolute atomic E-state index is 0.129. The Hall–Kier alpha value is -2.54. The summed E-state index contributed by atoms with van der Waals surface area (Å²) in [6.45, 7) is 1.45. The normalized spacial score (nSPS) is 21.5. The number of benzene rings is 2. The predicted molar refractivity (Wildman–Crippen MR) is 122 cm³/mol. The molecule has 5 rings (SSSR count). The molecular weight excluding hydrogens is 426 g/mol. The zero-order valence-electron chi connectivity index (χ0n) is 18.3. The molecule has 7 heteroatoms. The van der Waals surface area contributed by atoms with Crippen molar-refractivity contribution in [2.24, 2.45) is 5.92 Å². The fraction of sp³-hybridized carbons (Fsp3) is 0.480. The number of nitrogens with zero attached hydrogens (tertiary/aromatic N) is 1. The van der Waals surface area contributed by atoms with Crippen molar-refractivity contribution in [2.75, 3.05) is 19.3 Å². The molecule has 1 amide bonds. The number of carbonyl (C=O) groups excluding carboxylic acids is 1. The summed E-state index contributed by atoms with van der Waals surface area (Å²) in [5.74, 6) is 1.35. The van der Waals surface area contributed by atoms with E-state index in [9.17, 15) is 13.2 Å². The maximum atomic E-state index is 12.3. The van der Waals surface area contributed by atoms with Gasteiger partial charge in [0, 0.05) is 25.8 Å². The highest BCUT2D eigenvalue weighted by atomic mass is 32.2. The highest BCUT2D eigenvalue weighted by Gasteiger charge is 2.35. The van der Waals surface area contributed by atoms with E-state index in [1.807, 2.05) is 29.2 Å². The van der Waals surface area contributed by atoms with Gasteiger partial charge < -0.3 is 14.4 Å². The molecule has 2 aromatic carbocycles. The number of hydrogen-bond acceptors (Lipinski definition) is 5. The molecule has 1 saturated heterocycles. The van der Waals surface area contributed by atoms with Gasteiger partial charge in [-0.1, -0.05) is 18.2 Å². The smallest absolute Gasteiger partial charge is 0.410 e. The predicted octanol–water partition coefficient (Wildman–Crippen LogP) is 4.46. The number of likely N-dealkylation sites (tertiary alicyclic amines) is 1. The number of piperidine rings is 1. The van der Waals surface area contributed by atoms with Gasteiger partial charge in [0.15, 0.2) is 9.84 Å². The van der Waals surface area contributed by atoms with Crippen LogP contribution in [0.4, 0.5) is 4.79 Å². The first kappa shape index (κ1) is 21.3. The molecule has 2 fully saturated rings. The Morgan fingerprint density at radius 1 is 1.00 bits per heavy atom. The van der Waals surface area contributed by atoms with Crippen LogP contribution in [0.1, 0.15) is 37.7 Å². The second-order valence-electron chi connectivity index (χ2n) is 9.24. The third-order valence-corrected chi connectivity index (χ3v) is 8.15. The summed E-state index contributed by atoms with van der Waals surface area (Å²) in [5, 5.41) is 0. The van der Waals surface area contributed by atoms with Gasteiger partial charge in [-0.05, 0) is 79.0 Å². The number of ether oxygens (including phenoxy) is 2. The van der Waals surface area contributed by atoms with Crippen molar-refractivity contribution >= 4 is 15.9 Å². The Bertz CT molecular complexity index is 1100.